The molecule has 26 heavy (non-hydrogen) atoms. The van der Waals surface area contributed by atoms with E-state index in [1.54, 1.807) is 21.7 Å². The average molecular weight is 421 g/mol. The molecule has 9 heteroatoms. The van der Waals surface area contributed by atoms with Crippen LogP contribution < -0.4 is 5.32 Å². The molecule has 3 rings (SSSR count). The lowest BCUT2D eigenvalue weighted by molar-refractivity contribution is -0.126. The Morgan fingerprint density at radius 2 is 2.04 bits per heavy atom. The number of hydrogen-bond acceptors (Lipinski definition) is 5. The van der Waals surface area contributed by atoms with E-state index >= 15 is 0 Å². The maximum Gasteiger partial charge on any atom is 0.255 e. The van der Waals surface area contributed by atoms with Crippen molar-refractivity contribution in [2.24, 2.45) is 5.92 Å². The van der Waals surface area contributed by atoms with Crippen molar-refractivity contribution in [3.8, 4) is 5.82 Å². The molecule has 2 amide bonds. The molecule has 0 aromatic carbocycles. The summed E-state index contributed by atoms with van der Waals surface area (Å²) in [4.78, 5) is 31.2. The summed E-state index contributed by atoms with van der Waals surface area (Å²) in [5, 5.41) is 10.4. The number of pyridine rings is 1. The van der Waals surface area contributed by atoms with Crippen LogP contribution in [-0.4, -0.2) is 55.6 Å². The molecule has 1 N–H and O–H groups in total. The highest BCUT2D eigenvalue weighted by atomic mass is 79.9. The molecule has 0 radical (unpaired) electrons. The molecule has 0 saturated carbocycles. The average Bonchev–Trinajstić information content (AvgIpc) is 3.15. The second-order valence-corrected chi connectivity index (χ2v) is 7.51. The number of amides is 2. The molecule has 1 unspecified atom stereocenters. The van der Waals surface area contributed by atoms with Crippen molar-refractivity contribution in [1.82, 2.24) is 30.0 Å². The predicted molar refractivity (Wildman–Crippen MR) is 98.8 cm³/mol. The van der Waals surface area contributed by atoms with Gasteiger partial charge in [0.05, 0.1) is 16.0 Å². The lowest BCUT2D eigenvalue weighted by atomic mass is 9.96. The zero-order chi connectivity index (χ0) is 18.7. The Morgan fingerprint density at radius 3 is 2.69 bits per heavy atom. The van der Waals surface area contributed by atoms with Gasteiger partial charge in [0.25, 0.3) is 5.91 Å². The van der Waals surface area contributed by atoms with Crippen LogP contribution in [0.25, 0.3) is 5.82 Å². The quantitative estimate of drug-likeness (QED) is 0.813. The normalized spacial score (nSPS) is 17.4. The molecule has 1 fully saturated rings. The Bertz CT molecular complexity index is 793. The molecule has 1 aliphatic rings. The molecule has 8 nitrogen and oxygen atoms in total. The van der Waals surface area contributed by atoms with Crippen LogP contribution in [0.4, 0.5) is 0 Å². The summed E-state index contributed by atoms with van der Waals surface area (Å²) in [5.74, 6) is 0.345. The molecule has 2 aromatic rings. The van der Waals surface area contributed by atoms with Crippen LogP contribution in [0.2, 0.25) is 0 Å². The fourth-order valence-electron chi connectivity index (χ4n) is 3.01. The minimum absolute atomic E-state index is 0.0137. The monoisotopic (exact) mass is 420 g/mol. The van der Waals surface area contributed by atoms with E-state index in [0.29, 0.717) is 28.9 Å². The van der Waals surface area contributed by atoms with Crippen LogP contribution in [-0.2, 0) is 4.79 Å². The van der Waals surface area contributed by atoms with Gasteiger partial charge < -0.3 is 10.2 Å². The molecule has 3 heterocycles. The number of aromatic nitrogens is 4. The summed E-state index contributed by atoms with van der Waals surface area (Å²) >= 11 is 3.45. The summed E-state index contributed by atoms with van der Waals surface area (Å²) in [6, 6.07) is 1.83. The van der Waals surface area contributed by atoms with Crippen molar-refractivity contribution in [2.75, 3.05) is 13.1 Å². The highest BCUT2D eigenvalue weighted by Gasteiger charge is 2.29. The second-order valence-electron chi connectivity index (χ2n) is 6.65. The molecule has 138 valence electrons. The van der Waals surface area contributed by atoms with Gasteiger partial charge in [-0.1, -0.05) is 0 Å². The third-order valence-electron chi connectivity index (χ3n) is 4.24. The van der Waals surface area contributed by atoms with Crippen LogP contribution in [0.1, 0.15) is 37.0 Å². The maximum atomic E-state index is 12.8. The van der Waals surface area contributed by atoms with E-state index in [4.69, 9.17) is 0 Å². The van der Waals surface area contributed by atoms with Crippen LogP contribution in [0.5, 0.6) is 0 Å². The Kier molecular flexibility index (Phi) is 5.65. The van der Waals surface area contributed by atoms with Crippen molar-refractivity contribution in [1.29, 1.82) is 0 Å². The highest BCUT2D eigenvalue weighted by molar-refractivity contribution is 9.10. The molecule has 0 spiro atoms. The van der Waals surface area contributed by atoms with Gasteiger partial charge in [-0.15, -0.1) is 10.2 Å². The van der Waals surface area contributed by atoms with Gasteiger partial charge in [-0.05, 0) is 48.7 Å². The second kappa shape index (κ2) is 7.94. The summed E-state index contributed by atoms with van der Waals surface area (Å²) in [6.07, 6.45) is 6.24. The third-order valence-corrected chi connectivity index (χ3v) is 4.83. The first kappa shape index (κ1) is 18.5. The number of likely N-dealkylation sites (tertiary alicyclic amines) is 1. The van der Waals surface area contributed by atoms with E-state index < -0.39 is 0 Å². The number of nitrogens with one attached hydrogen (secondary N) is 1. The summed E-state index contributed by atoms with van der Waals surface area (Å²) in [7, 11) is 0. The van der Waals surface area contributed by atoms with Gasteiger partial charge in [0.2, 0.25) is 5.91 Å². The van der Waals surface area contributed by atoms with Gasteiger partial charge in [0, 0.05) is 25.3 Å². The zero-order valence-electron chi connectivity index (χ0n) is 14.7. The predicted octanol–water partition coefficient (Wildman–Crippen LogP) is 1.80. The van der Waals surface area contributed by atoms with Crippen molar-refractivity contribution in [3.05, 3.63) is 35.0 Å². The highest BCUT2D eigenvalue weighted by Crippen LogP contribution is 2.23. The molecule has 2 aromatic heterocycles. The van der Waals surface area contributed by atoms with Crippen molar-refractivity contribution < 1.29 is 9.59 Å². The van der Waals surface area contributed by atoms with Crippen LogP contribution in [0.3, 0.4) is 0 Å². The zero-order valence-corrected chi connectivity index (χ0v) is 16.3. The van der Waals surface area contributed by atoms with E-state index in [1.165, 1.54) is 12.7 Å². The number of carbonyl (C=O) groups is 2. The van der Waals surface area contributed by atoms with Crippen molar-refractivity contribution in [3.63, 3.8) is 0 Å². The number of carbonyl (C=O) groups excluding carboxylic acids is 2. The number of nitrogens with zero attached hydrogens (tertiary/aromatic N) is 5. The standard InChI is InChI=1S/C17H21BrN6O2/c1-11(2)22-16(25)12-4-3-5-23(8-12)17(26)13-6-14(18)15(19-7-13)24-9-20-21-10-24/h6-7,9-12H,3-5,8H2,1-2H3,(H,22,25). The molecular formula is C17H21BrN6O2. The largest absolute Gasteiger partial charge is 0.354 e. The number of piperidine rings is 1. The van der Waals surface area contributed by atoms with E-state index in [1.807, 2.05) is 13.8 Å². The molecule has 1 atom stereocenters. The van der Waals surface area contributed by atoms with Gasteiger partial charge in [0.15, 0.2) is 5.82 Å². The molecular weight excluding hydrogens is 400 g/mol. The van der Waals surface area contributed by atoms with Crippen molar-refractivity contribution in [2.45, 2.75) is 32.7 Å². The summed E-state index contributed by atoms with van der Waals surface area (Å²) < 4.78 is 2.33. The number of rotatable bonds is 4. The smallest absolute Gasteiger partial charge is 0.255 e. The fraction of sp³-hybridized carbons (Fsp3) is 0.471. The van der Waals surface area contributed by atoms with E-state index in [0.717, 1.165) is 12.8 Å². The Labute approximate surface area is 160 Å². The van der Waals surface area contributed by atoms with Crippen LogP contribution in [0.15, 0.2) is 29.4 Å². The Hall–Kier alpha value is -2.29. The molecule has 1 saturated heterocycles. The lowest BCUT2D eigenvalue weighted by Crippen LogP contribution is -2.46. The minimum atomic E-state index is -0.164. The van der Waals surface area contributed by atoms with Gasteiger partial charge >= 0.3 is 0 Å². The van der Waals surface area contributed by atoms with Crippen LogP contribution in [0, 0.1) is 5.92 Å². The first-order valence-corrected chi connectivity index (χ1v) is 9.35. The van der Waals surface area contributed by atoms with Crippen LogP contribution >= 0.6 is 15.9 Å². The van der Waals surface area contributed by atoms with Gasteiger partial charge in [-0.3, -0.25) is 14.2 Å². The summed E-state index contributed by atoms with van der Waals surface area (Å²) in [5.41, 5.74) is 0.485. The lowest BCUT2D eigenvalue weighted by Gasteiger charge is -2.32. The summed E-state index contributed by atoms with van der Waals surface area (Å²) in [6.45, 7) is 4.95. The van der Waals surface area contributed by atoms with Crippen molar-refractivity contribution >= 4 is 27.7 Å². The van der Waals surface area contributed by atoms with Gasteiger partial charge in [0.1, 0.15) is 12.7 Å². The fourth-order valence-corrected chi connectivity index (χ4v) is 3.56. The van der Waals surface area contributed by atoms with E-state index in [9.17, 15) is 9.59 Å². The maximum absolute atomic E-state index is 12.8. The minimum Gasteiger partial charge on any atom is -0.354 e. The van der Waals surface area contributed by atoms with Gasteiger partial charge in [-0.25, -0.2) is 4.98 Å². The number of halogens is 1. The van der Waals surface area contributed by atoms with Gasteiger partial charge in [-0.2, -0.15) is 0 Å². The first-order chi connectivity index (χ1) is 12.5. The Morgan fingerprint density at radius 1 is 1.31 bits per heavy atom. The number of hydrogen-bond donors (Lipinski definition) is 1. The Balaban J connectivity index is 1.72. The first-order valence-electron chi connectivity index (χ1n) is 8.56. The van der Waals surface area contributed by atoms with E-state index in [-0.39, 0.29) is 23.8 Å². The molecule has 0 bridgehead atoms. The van der Waals surface area contributed by atoms with E-state index in [2.05, 4.69) is 36.4 Å². The SMILES string of the molecule is CC(C)NC(=O)C1CCCN(C(=O)c2cnc(-n3cnnc3)c(Br)c2)C1. The molecule has 0 aliphatic carbocycles. The third kappa shape index (κ3) is 4.09. The topological polar surface area (TPSA) is 93.0 Å². The molecule has 1 aliphatic heterocycles.